The number of hydrogen-bond donors (Lipinski definition) is 3. The van der Waals surface area contributed by atoms with Crippen LogP contribution in [0.3, 0.4) is 0 Å². The normalized spacial score (nSPS) is 14.5. The third-order valence-corrected chi connectivity index (χ3v) is 3.03. The van der Waals surface area contributed by atoms with Gasteiger partial charge in [0.1, 0.15) is 17.5 Å². The van der Waals surface area contributed by atoms with Crippen LogP contribution in [0, 0.1) is 12.8 Å². The number of hydrogen-bond acceptors (Lipinski definition) is 5. The second kappa shape index (κ2) is 6.19. The molecule has 0 aromatic carbocycles. The maximum absolute atomic E-state index is 10.3. The molecule has 1 rings (SSSR count). The lowest BCUT2D eigenvalue weighted by atomic mass is 9.94. The molecule has 0 fully saturated rings. The van der Waals surface area contributed by atoms with Crippen molar-refractivity contribution >= 4 is 11.6 Å². The summed E-state index contributed by atoms with van der Waals surface area (Å²) >= 11 is 0. The Morgan fingerprint density at radius 3 is 2.53 bits per heavy atom. The Bertz CT molecular complexity index is 430. The van der Waals surface area contributed by atoms with Crippen LogP contribution in [0.4, 0.5) is 11.6 Å². The number of aromatic nitrogens is 2. The molecule has 0 amide bonds. The van der Waals surface area contributed by atoms with Crippen molar-refractivity contribution in [1.82, 2.24) is 9.97 Å². The molecule has 5 nitrogen and oxygen atoms in total. The molecule has 5 heteroatoms. The van der Waals surface area contributed by atoms with Crippen molar-refractivity contribution in [2.24, 2.45) is 5.92 Å². The zero-order valence-electron chi connectivity index (χ0n) is 12.6. The number of nitrogen functional groups attached to an aromatic ring is 1. The molecule has 0 saturated carbocycles. The zero-order chi connectivity index (χ0) is 14.6. The van der Waals surface area contributed by atoms with E-state index < -0.39 is 5.60 Å². The molecule has 0 aliphatic carbocycles. The number of rotatable bonds is 6. The lowest BCUT2D eigenvalue weighted by Gasteiger charge is -2.26. The highest BCUT2D eigenvalue weighted by molar-refractivity contribution is 5.54. The van der Waals surface area contributed by atoms with Gasteiger partial charge in [-0.2, -0.15) is 0 Å². The highest BCUT2D eigenvalue weighted by atomic mass is 16.3. The highest BCUT2D eigenvalue weighted by Crippen LogP contribution is 2.21. The lowest BCUT2D eigenvalue weighted by Crippen LogP contribution is -2.35. The first-order valence-corrected chi connectivity index (χ1v) is 6.84. The summed E-state index contributed by atoms with van der Waals surface area (Å²) < 4.78 is 0. The first-order valence-electron chi connectivity index (χ1n) is 6.84. The van der Waals surface area contributed by atoms with Crippen LogP contribution in [0.2, 0.25) is 0 Å². The van der Waals surface area contributed by atoms with Gasteiger partial charge in [0.2, 0.25) is 0 Å². The fraction of sp³-hybridized carbons (Fsp3) is 0.714. The van der Waals surface area contributed by atoms with Crippen LogP contribution in [0.15, 0.2) is 0 Å². The maximum Gasteiger partial charge on any atom is 0.134 e. The van der Waals surface area contributed by atoms with Crippen LogP contribution in [0.25, 0.3) is 0 Å². The van der Waals surface area contributed by atoms with Crippen LogP contribution < -0.4 is 11.1 Å². The molecule has 1 aromatic heterocycles. The number of nitrogens with one attached hydrogen (secondary N) is 1. The molecule has 1 atom stereocenters. The van der Waals surface area contributed by atoms with Gasteiger partial charge in [0.25, 0.3) is 0 Å². The minimum absolute atomic E-state index is 0.444. The van der Waals surface area contributed by atoms with E-state index in [0.29, 0.717) is 29.9 Å². The standard InChI is InChI=1S/C14H26N4O/c1-6-11-17-12(15)10(4)13(18-11)16-8-14(5,19)7-9(2)3/h9,19H,6-8H2,1-5H3,(H3,15,16,17,18). The SMILES string of the molecule is CCc1nc(N)c(C)c(NCC(C)(O)CC(C)C)n1. The average molecular weight is 266 g/mol. The molecular formula is C14H26N4O. The van der Waals surface area contributed by atoms with Crippen molar-refractivity contribution in [3.8, 4) is 0 Å². The summed E-state index contributed by atoms with van der Waals surface area (Å²) in [5.41, 5.74) is 5.94. The van der Waals surface area contributed by atoms with Crippen LogP contribution in [-0.4, -0.2) is 27.2 Å². The van der Waals surface area contributed by atoms with Crippen LogP contribution in [0.1, 0.15) is 45.5 Å². The fourth-order valence-corrected chi connectivity index (χ4v) is 2.14. The Kier molecular flexibility index (Phi) is 5.11. The van der Waals surface area contributed by atoms with Crippen molar-refractivity contribution in [1.29, 1.82) is 0 Å². The van der Waals surface area contributed by atoms with E-state index in [0.717, 1.165) is 18.4 Å². The molecule has 0 spiro atoms. The summed E-state index contributed by atoms with van der Waals surface area (Å²) in [6, 6.07) is 0. The topological polar surface area (TPSA) is 84.1 Å². The van der Waals surface area contributed by atoms with Gasteiger partial charge in [0.05, 0.1) is 5.60 Å². The van der Waals surface area contributed by atoms with Gasteiger partial charge < -0.3 is 16.2 Å². The Morgan fingerprint density at radius 1 is 1.37 bits per heavy atom. The first kappa shape index (κ1) is 15.7. The largest absolute Gasteiger partial charge is 0.388 e. The smallest absolute Gasteiger partial charge is 0.134 e. The van der Waals surface area contributed by atoms with E-state index in [1.165, 1.54) is 0 Å². The molecular weight excluding hydrogens is 240 g/mol. The van der Waals surface area contributed by atoms with E-state index in [4.69, 9.17) is 5.73 Å². The average Bonchev–Trinajstić information content (AvgIpc) is 2.29. The van der Waals surface area contributed by atoms with E-state index in [1.807, 2.05) is 20.8 Å². The molecule has 1 aromatic rings. The Labute approximate surface area is 115 Å². The van der Waals surface area contributed by atoms with Crippen molar-refractivity contribution in [2.45, 2.75) is 53.1 Å². The Balaban J connectivity index is 2.80. The summed E-state index contributed by atoms with van der Waals surface area (Å²) in [6.45, 7) is 10.3. The van der Waals surface area contributed by atoms with Gasteiger partial charge in [0.15, 0.2) is 0 Å². The van der Waals surface area contributed by atoms with Gasteiger partial charge in [0, 0.05) is 18.5 Å². The highest BCUT2D eigenvalue weighted by Gasteiger charge is 2.22. The van der Waals surface area contributed by atoms with Crippen LogP contribution in [0.5, 0.6) is 0 Å². The third kappa shape index (κ3) is 4.67. The Hall–Kier alpha value is -1.36. The maximum atomic E-state index is 10.3. The fourth-order valence-electron chi connectivity index (χ4n) is 2.14. The molecule has 0 aliphatic rings. The number of anilines is 2. The van der Waals surface area contributed by atoms with E-state index in [9.17, 15) is 5.11 Å². The van der Waals surface area contributed by atoms with Crippen molar-refractivity contribution in [2.75, 3.05) is 17.6 Å². The van der Waals surface area contributed by atoms with Crippen molar-refractivity contribution in [3.05, 3.63) is 11.4 Å². The summed E-state index contributed by atoms with van der Waals surface area (Å²) in [4.78, 5) is 8.63. The predicted molar refractivity (Wildman–Crippen MR) is 79.1 cm³/mol. The molecule has 0 radical (unpaired) electrons. The Morgan fingerprint density at radius 2 is 2.00 bits per heavy atom. The molecule has 19 heavy (non-hydrogen) atoms. The first-order chi connectivity index (χ1) is 8.75. The van der Waals surface area contributed by atoms with Gasteiger partial charge in [-0.25, -0.2) is 9.97 Å². The van der Waals surface area contributed by atoms with Gasteiger partial charge in [-0.1, -0.05) is 20.8 Å². The molecule has 4 N–H and O–H groups in total. The molecule has 0 aliphatic heterocycles. The van der Waals surface area contributed by atoms with Crippen LogP contribution in [-0.2, 0) is 6.42 Å². The van der Waals surface area contributed by atoms with Crippen LogP contribution >= 0.6 is 0 Å². The number of nitrogens with two attached hydrogens (primary N) is 1. The van der Waals surface area contributed by atoms with E-state index in [1.54, 1.807) is 0 Å². The predicted octanol–water partition coefficient (Wildman–Crippen LogP) is 2.14. The quantitative estimate of drug-likeness (QED) is 0.734. The van der Waals surface area contributed by atoms with Gasteiger partial charge in [-0.05, 0) is 26.2 Å². The van der Waals surface area contributed by atoms with E-state index >= 15 is 0 Å². The summed E-state index contributed by atoms with van der Waals surface area (Å²) in [7, 11) is 0. The minimum atomic E-state index is -0.757. The van der Waals surface area contributed by atoms with E-state index in [2.05, 4.69) is 29.1 Å². The number of aryl methyl sites for hydroxylation is 1. The molecule has 1 heterocycles. The van der Waals surface area contributed by atoms with Crippen molar-refractivity contribution in [3.63, 3.8) is 0 Å². The summed E-state index contributed by atoms with van der Waals surface area (Å²) in [6.07, 6.45) is 1.47. The molecule has 0 bridgehead atoms. The zero-order valence-corrected chi connectivity index (χ0v) is 12.6. The molecule has 108 valence electrons. The molecule has 0 saturated heterocycles. The lowest BCUT2D eigenvalue weighted by molar-refractivity contribution is 0.0514. The second-order valence-electron chi connectivity index (χ2n) is 5.80. The number of nitrogens with zero attached hydrogens (tertiary/aromatic N) is 2. The summed E-state index contributed by atoms with van der Waals surface area (Å²) in [5.74, 6) is 2.37. The summed E-state index contributed by atoms with van der Waals surface area (Å²) in [5, 5.41) is 13.5. The second-order valence-corrected chi connectivity index (χ2v) is 5.80. The van der Waals surface area contributed by atoms with Gasteiger partial charge in [-0.3, -0.25) is 0 Å². The number of aliphatic hydroxyl groups is 1. The monoisotopic (exact) mass is 266 g/mol. The van der Waals surface area contributed by atoms with Gasteiger partial charge in [-0.15, -0.1) is 0 Å². The van der Waals surface area contributed by atoms with Crippen molar-refractivity contribution < 1.29 is 5.11 Å². The van der Waals surface area contributed by atoms with E-state index in [-0.39, 0.29) is 0 Å². The minimum Gasteiger partial charge on any atom is -0.388 e. The van der Waals surface area contributed by atoms with Gasteiger partial charge >= 0.3 is 0 Å². The third-order valence-electron chi connectivity index (χ3n) is 3.03. The molecule has 1 unspecified atom stereocenters.